The molecule has 0 atom stereocenters. The summed E-state index contributed by atoms with van der Waals surface area (Å²) in [7, 11) is 0. The minimum Gasteiger partial charge on any atom is -0.352 e. The monoisotopic (exact) mass is 338 g/mol. The molecule has 2 rings (SSSR count). The Hall–Kier alpha value is -0.870. The van der Waals surface area contributed by atoms with Crippen LogP contribution in [0.15, 0.2) is 28.7 Å². The minimum absolute atomic E-state index is 0.187. The molecule has 1 aromatic carbocycles. The van der Waals surface area contributed by atoms with E-state index in [9.17, 15) is 4.79 Å². The van der Waals surface area contributed by atoms with Crippen LogP contribution < -0.4 is 11.1 Å². The first-order chi connectivity index (χ1) is 9.70. The van der Waals surface area contributed by atoms with E-state index in [0.717, 1.165) is 54.6 Å². The Morgan fingerprint density at radius 2 is 1.95 bits per heavy atom. The summed E-state index contributed by atoms with van der Waals surface area (Å²) in [6.07, 6.45) is 5.40. The van der Waals surface area contributed by atoms with Gasteiger partial charge in [0.1, 0.15) is 0 Å². The van der Waals surface area contributed by atoms with Crippen LogP contribution in [0.25, 0.3) is 0 Å². The standard InChI is InChI=1S/C16H23BrN2O/c17-15-4-2-1-3-14(15)11-19-16(20)13-7-5-12(6-8-13)9-10-18/h1-4,12-13H,5-11,18H2,(H,19,20). The van der Waals surface area contributed by atoms with Crippen molar-refractivity contribution in [3.8, 4) is 0 Å². The van der Waals surface area contributed by atoms with E-state index in [1.165, 1.54) is 0 Å². The summed E-state index contributed by atoms with van der Waals surface area (Å²) >= 11 is 3.50. The van der Waals surface area contributed by atoms with E-state index in [1.54, 1.807) is 0 Å². The van der Waals surface area contributed by atoms with Crippen molar-refractivity contribution in [1.82, 2.24) is 5.32 Å². The maximum absolute atomic E-state index is 12.2. The number of rotatable bonds is 5. The van der Waals surface area contributed by atoms with Crippen LogP contribution in [0.5, 0.6) is 0 Å². The quantitative estimate of drug-likeness (QED) is 0.865. The van der Waals surface area contributed by atoms with Gasteiger partial charge in [-0.25, -0.2) is 0 Å². The molecule has 1 fully saturated rings. The van der Waals surface area contributed by atoms with Crippen LogP contribution in [-0.2, 0) is 11.3 Å². The SMILES string of the molecule is NCCC1CCC(C(=O)NCc2ccccc2Br)CC1. The highest BCUT2D eigenvalue weighted by Gasteiger charge is 2.25. The Balaban J connectivity index is 1.77. The molecule has 0 bridgehead atoms. The lowest BCUT2D eigenvalue weighted by Gasteiger charge is -2.27. The van der Waals surface area contributed by atoms with Gasteiger partial charge in [0.05, 0.1) is 0 Å². The van der Waals surface area contributed by atoms with E-state index >= 15 is 0 Å². The number of nitrogens with two attached hydrogens (primary N) is 1. The van der Waals surface area contributed by atoms with Gasteiger partial charge in [-0.1, -0.05) is 34.1 Å². The van der Waals surface area contributed by atoms with Gasteiger partial charge in [-0.15, -0.1) is 0 Å². The zero-order valence-corrected chi connectivity index (χ0v) is 13.4. The normalized spacial score (nSPS) is 22.5. The molecule has 0 spiro atoms. The van der Waals surface area contributed by atoms with Crippen LogP contribution in [0, 0.1) is 11.8 Å². The van der Waals surface area contributed by atoms with Gasteiger partial charge in [-0.05, 0) is 56.2 Å². The van der Waals surface area contributed by atoms with Crippen molar-refractivity contribution < 1.29 is 4.79 Å². The van der Waals surface area contributed by atoms with Crippen molar-refractivity contribution in [2.24, 2.45) is 17.6 Å². The summed E-state index contributed by atoms with van der Waals surface area (Å²) in [5, 5.41) is 3.06. The number of amides is 1. The fraction of sp³-hybridized carbons (Fsp3) is 0.562. The number of halogens is 1. The largest absolute Gasteiger partial charge is 0.352 e. The second-order valence-electron chi connectivity index (χ2n) is 5.60. The van der Waals surface area contributed by atoms with E-state index in [4.69, 9.17) is 5.73 Å². The molecule has 1 aliphatic rings. The number of benzene rings is 1. The van der Waals surface area contributed by atoms with Gasteiger partial charge in [0.15, 0.2) is 0 Å². The molecule has 3 nitrogen and oxygen atoms in total. The number of hydrogen-bond donors (Lipinski definition) is 2. The maximum atomic E-state index is 12.2. The first-order valence-corrected chi connectivity index (χ1v) is 8.21. The highest BCUT2D eigenvalue weighted by atomic mass is 79.9. The third-order valence-electron chi connectivity index (χ3n) is 4.20. The number of hydrogen-bond acceptors (Lipinski definition) is 2. The minimum atomic E-state index is 0.187. The molecule has 1 amide bonds. The van der Waals surface area contributed by atoms with E-state index in [2.05, 4.69) is 21.2 Å². The molecule has 0 saturated heterocycles. The van der Waals surface area contributed by atoms with Crippen molar-refractivity contribution in [2.75, 3.05) is 6.54 Å². The van der Waals surface area contributed by atoms with Crippen LogP contribution in [0.2, 0.25) is 0 Å². The second-order valence-corrected chi connectivity index (χ2v) is 6.46. The van der Waals surface area contributed by atoms with E-state index < -0.39 is 0 Å². The fourth-order valence-electron chi connectivity index (χ4n) is 2.92. The molecule has 20 heavy (non-hydrogen) atoms. The van der Waals surface area contributed by atoms with Crippen molar-refractivity contribution in [2.45, 2.75) is 38.6 Å². The van der Waals surface area contributed by atoms with Gasteiger partial charge < -0.3 is 11.1 Å². The van der Waals surface area contributed by atoms with Gasteiger partial charge in [0.25, 0.3) is 0 Å². The molecule has 1 aromatic rings. The van der Waals surface area contributed by atoms with Crippen molar-refractivity contribution >= 4 is 21.8 Å². The summed E-state index contributed by atoms with van der Waals surface area (Å²) in [5.74, 6) is 1.12. The average molecular weight is 339 g/mol. The Bertz CT molecular complexity index is 442. The lowest BCUT2D eigenvalue weighted by Crippen LogP contribution is -2.33. The van der Waals surface area contributed by atoms with Gasteiger partial charge in [0.2, 0.25) is 5.91 Å². The lowest BCUT2D eigenvalue weighted by molar-refractivity contribution is -0.126. The van der Waals surface area contributed by atoms with E-state index in [-0.39, 0.29) is 11.8 Å². The molecule has 1 aliphatic carbocycles. The number of carbonyl (C=O) groups is 1. The van der Waals surface area contributed by atoms with Crippen molar-refractivity contribution in [3.63, 3.8) is 0 Å². The summed E-state index contributed by atoms with van der Waals surface area (Å²) in [6, 6.07) is 8.00. The van der Waals surface area contributed by atoms with Crippen LogP contribution >= 0.6 is 15.9 Å². The van der Waals surface area contributed by atoms with Crippen LogP contribution in [-0.4, -0.2) is 12.5 Å². The van der Waals surface area contributed by atoms with Gasteiger partial charge >= 0.3 is 0 Å². The van der Waals surface area contributed by atoms with Gasteiger partial charge in [-0.3, -0.25) is 4.79 Å². The summed E-state index contributed by atoms with van der Waals surface area (Å²) in [4.78, 5) is 12.2. The Kier molecular flexibility index (Phi) is 6.05. The molecule has 3 N–H and O–H groups in total. The highest BCUT2D eigenvalue weighted by Crippen LogP contribution is 2.30. The third-order valence-corrected chi connectivity index (χ3v) is 4.98. The molecule has 0 aliphatic heterocycles. The average Bonchev–Trinajstić information content (AvgIpc) is 2.47. The maximum Gasteiger partial charge on any atom is 0.223 e. The van der Waals surface area contributed by atoms with Crippen molar-refractivity contribution in [3.05, 3.63) is 34.3 Å². The molecule has 0 heterocycles. The summed E-state index contributed by atoms with van der Waals surface area (Å²) in [5.41, 5.74) is 6.72. The zero-order chi connectivity index (χ0) is 14.4. The smallest absolute Gasteiger partial charge is 0.223 e. The topological polar surface area (TPSA) is 55.1 Å². The predicted molar refractivity (Wildman–Crippen MR) is 85.1 cm³/mol. The Morgan fingerprint density at radius 3 is 2.60 bits per heavy atom. The molecular weight excluding hydrogens is 316 g/mol. The van der Waals surface area contributed by atoms with Crippen molar-refractivity contribution in [1.29, 1.82) is 0 Å². The molecule has 0 unspecified atom stereocenters. The molecule has 1 saturated carbocycles. The molecular formula is C16H23BrN2O. The first-order valence-electron chi connectivity index (χ1n) is 7.42. The summed E-state index contributed by atoms with van der Waals surface area (Å²) < 4.78 is 1.05. The van der Waals surface area contributed by atoms with Crippen LogP contribution in [0.1, 0.15) is 37.7 Å². The molecule has 4 heteroatoms. The Labute approximate surface area is 129 Å². The lowest BCUT2D eigenvalue weighted by atomic mass is 9.80. The Morgan fingerprint density at radius 1 is 1.25 bits per heavy atom. The van der Waals surface area contributed by atoms with Crippen LogP contribution in [0.3, 0.4) is 0 Å². The number of nitrogens with one attached hydrogen (secondary N) is 1. The van der Waals surface area contributed by atoms with Crippen LogP contribution in [0.4, 0.5) is 0 Å². The summed E-state index contributed by atoms with van der Waals surface area (Å²) in [6.45, 7) is 1.37. The number of carbonyl (C=O) groups excluding carboxylic acids is 1. The molecule has 0 aromatic heterocycles. The zero-order valence-electron chi connectivity index (χ0n) is 11.8. The first kappa shape index (κ1) is 15.5. The fourth-order valence-corrected chi connectivity index (χ4v) is 3.34. The molecule has 0 radical (unpaired) electrons. The van der Waals surface area contributed by atoms with Gasteiger partial charge in [-0.2, -0.15) is 0 Å². The predicted octanol–water partition coefficient (Wildman–Crippen LogP) is 3.22. The third kappa shape index (κ3) is 4.32. The second kappa shape index (κ2) is 7.79. The van der Waals surface area contributed by atoms with E-state index in [0.29, 0.717) is 6.54 Å². The molecule has 110 valence electrons. The highest BCUT2D eigenvalue weighted by molar-refractivity contribution is 9.10. The van der Waals surface area contributed by atoms with Gasteiger partial charge in [0, 0.05) is 16.9 Å². The van der Waals surface area contributed by atoms with E-state index in [1.807, 2.05) is 24.3 Å².